The maximum absolute atomic E-state index is 11.0. The Kier molecular flexibility index (Phi) is 7.73. The number of benzene rings is 1. The lowest BCUT2D eigenvalue weighted by molar-refractivity contribution is -0.108. The van der Waals surface area contributed by atoms with Gasteiger partial charge in [-0.1, -0.05) is 12.1 Å². The molecule has 1 saturated heterocycles. The lowest BCUT2D eigenvalue weighted by Gasteiger charge is -2.27. The molecule has 1 aromatic carbocycles. The third kappa shape index (κ3) is 6.81. The summed E-state index contributed by atoms with van der Waals surface area (Å²) in [4.78, 5) is 11.0. The van der Waals surface area contributed by atoms with Gasteiger partial charge in [-0.3, -0.25) is 4.79 Å². The molecule has 0 radical (unpaired) electrons. The second-order valence-corrected chi connectivity index (χ2v) is 8.09. The summed E-state index contributed by atoms with van der Waals surface area (Å²) < 4.78 is 8.33. The smallest absolute Gasteiger partial charge is 0.196 e. The van der Waals surface area contributed by atoms with Crippen molar-refractivity contribution in [2.75, 3.05) is 19.7 Å². The van der Waals surface area contributed by atoms with E-state index in [1.54, 1.807) is 0 Å². The van der Waals surface area contributed by atoms with Gasteiger partial charge >= 0.3 is 0 Å². The Morgan fingerprint density at radius 3 is 2.52 bits per heavy atom. The molecule has 0 saturated carbocycles. The summed E-state index contributed by atoms with van der Waals surface area (Å²) in [7, 11) is 0. The average molecular weight is 513 g/mol. The van der Waals surface area contributed by atoms with Gasteiger partial charge in [-0.15, -0.1) is 0 Å². The normalized spacial score (nSPS) is 16.9. The number of rotatable bonds is 7. The van der Waals surface area contributed by atoms with Crippen molar-refractivity contribution in [2.24, 2.45) is 5.92 Å². The first kappa shape index (κ1) is 17.5. The second kappa shape index (κ2) is 9.29. The fourth-order valence-electron chi connectivity index (χ4n) is 2.62. The molecule has 3 nitrogen and oxygen atoms in total. The summed E-state index contributed by atoms with van der Waals surface area (Å²) >= 11 is 4.25. The van der Waals surface area contributed by atoms with Crippen LogP contribution in [-0.4, -0.2) is 26.6 Å². The van der Waals surface area contributed by atoms with E-state index in [0.717, 1.165) is 30.3 Å². The van der Waals surface area contributed by atoms with Gasteiger partial charge < -0.3 is 4.74 Å². The molecule has 0 aliphatic carbocycles. The second-order valence-electron chi connectivity index (χ2n) is 5.52. The van der Waals surface area contributed by atoms with E-state index in [0.29, 0.717) is 6.42 Å². The van der Waals surface area contributed by atoms with Crippen molar-refractivity contribution in [3.63, 3.8) is 0 Å². The molecule has 0 bridgehead atoms. The molecule has 1 heterocycles. The standard InChI is InChI=1S/C16H21I2NO2/c17-16(20)12-14-3-5-15(6-4-14)21-11-1-2-13-7-9-19(18)10-8-13/h3-6,13H,1-2,7-12H2. The molecule has 116 valence electrons. The van der Waals surface area contributed by atoms with Gasteiger partial charge in [-0.25, -0.2) is 3.11 Å². The highest BCUT2D eigenvalue weighted by Crippen LogP contribution is 2.23. The van der Waals surface area contributed by atoms with Crippen LogP contribution in [0.2, 0.25) is 0 Å². The van der Waals surface area contributed by atoms with Crippen molar-refractivity contribution < 1.29 is 9.53 Å². The van der Waals surface area contributed by atoms with Gasteiger partial charge in [0, 0.05) is 42.4 Å². The molecule has 5 heteroatoms. The zero-order valence-electron chi connectivity index (χ0n) is 12.1. The molecule has 0 amide bonds. The first-order chi connectivity index (χ1) is 10.1. The summed E-state index contributed by atoms with van der Waals surface area (Å²) in [5, 5.41) is 0. The number of halogens is 2. The molecule has 2 rings (SSSR count). The molecule has 1 fully saturated rings. The highest BCUT2D eigenvalue weighted by molar-refractivity contribution is 14.1. The maximum Gasteiger partial charge on any atom is 0.196 e. The topological polar surface area (TPSA) is 29.5 Å². The van der Waals surface area contributed by atoms with Crippen LogP contribution in [0, 0.1) is 5.92 Å². The van der Waals surface area contributed by atoms with Crippen LogP contribution in [0.5, 0.6) is 5.75 Å². The predicted molar refractivity (Wildman–Crippen MR) is 102 cm³/mol. The Balaban J connectivity index is 1.63. The van der Waals surface area contributed by atoms with Gasteiger partial charge in [0.1, 0.15) is 5.75 Å². The number of carbonyl (C=O) groups is 1. The van der Waals surface area contributed by atoms with E-state index in [9.17, 15) is 4.79 Å². The lowest BCUT2D eigenvalue weighted by atomic mass is 9.93. The van der Waals surface area contributed by atoms with E-state index in [-0.39, 0.29) is 3.79 Å². The largest absolute Gasteiger partial charge is 0.494 e. The molecular formula is C16H21I2NO2. The summed E-state index contributed by atoms with van der Waals surface area (Å²) in [6, 6.07) is 7.87. The molecule has 21 heavy (non-hydrogen) atoms. The minimum absolute atomic E-state index is 0.166. The van der Waals surface area contributed by atoms with E-state index in [4.69, 9.17) is 4.74 Å². The Hall–Kier alpha value is 0.110. The van der Waals surface area contributed by atoms with Gasteiger partial charge in [-0.05, 0) is 71.9 Å². The van der Waals surface area contributed by atoms with Gasteiger partial charge in [0.25, 0.3) is 0 Å². The summed E-state index contributed by atoms with van der Waals surface area (Å²) in [6.07, 6.45) is 5.53. The van der Waals surface area contributed by atoms with Gasteiger partial charge in [-0.2, -0.15) is 0 Å². The van der Waals surface area contributed by atoms with Crippen molar-refractivity contribution in [1.82, 2.24) is 3.11 Å². The quantitative estimate of drug-likeness (QED) is 0.234. The Morgan fingerprint density at radius 1 is 1.24 bits per heavy atom. The molecule has 0 unspecified atom stereocenters. The van der Waals surface area contributed by atoms with Crippen molar-refractivity contribution >= 4 is 49.2 Å². The maximum atomic E-state index is 11.0. The van der Waals surface area contributed by atoms with Crippen LogP contribution in [0.25, 0.3) is 0 Å². The van der Waals surface area contributed by atoms with Crippen molar-refractivity contribution in [3.8, 4) is 5.75 Å². The molecule has 1 aromatic rings. The fourth-order valence-corrected chi connectivity index (χ4v) is 3.61. The fraction of sp³-hybridized carbons (Fsp3) is 0.562. The molecule has 0 N–H and O–H groups in total. The minimum atomic E-state index is 0.166. The van der Waals surface area contributed by atoms with Crippen LogP contribution >= 0.6 is 45.5 Å². The molecule has 1 aliphatic rings. The Labute approximate surface area is 154 Å². The monoisotopic (exact) mass is 513 g/mol. The van der Waals surface area contributed by atoms with E-state index in [1.807, 2.05) is 46.9 Å². The molecule has 0 atom stereocenters. The van der Waals surface area contributed by atoms with E-state index < -0.39 is 0 Å². The molecule has 1 aliphatic heterocycles. The van der Waals surface area contributed by atoms with Gasteiger partial charge in [0.05, 0.1) is 6.61 Å². The molecule has 0 aromatic heterocycles. The van der Waals surface area contributed by atoms with Crippen molar-refractivity contribution in [2.45, 2.75) is 32.1 Å². The lowest BCUT2D eigenvalue weighted by Crippen LogP contribution is -2.26. The first-order valence-corrected chi connectivity index (χ1v) is 9.48. The number of carbonyl (C=O) groups excluding carboxylic acids is 1. The van der Waals surface area contributed by atoms with Crippen LogP contribution in [0.1, 0.15) is 31.2 Å². The third-order valence-electron chi connectivity index (χ3n) is 3.85. The third-order valence-corrected chi connectivity index (χ3v) is 5.20. The van der Waals surface area contributed by atoms with E-state index in [2.05, 4.69) is 26.0 Å². The van der Waals surface area contributed by atoms with Crippen LogP contribution in [0.4, 0.5) is 0 Å². The number of nitrogens with zero attached hydrogens (tertiary/aromatic N) is 1. The Bertz CT molecular complexity index is 442. The SMILES string of the molecule is O=C(I)Cc1ccc(OCCCC2CCN(I)CC2)cc1. The van der Waals surface area contributed by atoms with Gasteiger partial charge in [0.2, 0.25) is 0 Å². The average Bonchev–Trinajstić information content (AvgIpc) is 2.46. The number of piperidine rings is 1. The molecular weight excluding hydrogens is 492 g/mol. The summed E-state index contributed by atoms with van der Waals surface area (Å²) in [5.74, 6) is 1.78. The minimum Gasteiger partial charge on any atom is -0.494 e. The number of hydrogen-bond donors (Lipinski definition) is 0. The Morgan fingerprint density at radius 2 is 1.90 bits per heavy atom. The molecule has 0 spiro atoms. The number of hydrogen-bond acceptors (Lipinski definition) is 3. The van der Waals surface area contributed by atoms with E-state index in [1.165, 1.54) is 32.4 Å². The van der Waals surface area contributed by atoms with Crippen LogP contribution in [0.3, 0.4) is 0 Å². The first-order valence-electron chi connectivity index (χ1n) is 7.44. The van der Waals surface area contributed by atoms with Crippen LogP contribution < -0.4 is 4.74 Å². The van der Waals surface area contributed by atoms with Gasteiger partial charge in [0.15, 0.2) is 3.79 Å². The van der Waals surface area contributed by atoms with Crippen LogP contribution in [0.15, 0.2) is 24.3 Å². The van der Waals surface area contributed by atoms with Crippen LogP contribution in [-0.2, 0) is 11.2 Å². The predicted octanol–water partition coefficient (Wildman–Crippen LogP) is 4.41. The van der Waals surface area contributed by atoms with Crippen molar-refractivity contribution in [1.29, 1.82) is 0 Å². The van der Waals surface area contributed by atoms with Crippen molar-refractivity contribution in [3.05, 3.63) is 29.8 Å². The zero-order valence-corrected chi connectivity index (χ0v) is 16.4. The summed E-state index contributed by atoms with van der Waals surface area (Å²) in [6.45, 7) is 3.24. The highest BCUT2D eigenvalue weighted by atomic mass is 127. The summed E-state index contributed by atoms with van der Waals surface area (Å²) in [5.41, 5.74) is 1.05. The number of ether oxygens (including phenoxy) is 1. The zero-order chi connectivity index (χ0) is 15.1. The highest BCUT2D eigenvalue weighted by Gasteiger charge is 2.16. The van der Waals surface area contributed by atoms with E-state index >= 15 is 0 Å².